The molecule has 0 aliphatic rings. The van der Waals surface area contributed by atoms with Crippen molar-refractivity contribution in [3.05, 3.63) is 41.6 Å². The molecule has 1 aromatic heterocycles. The molecule has 0 saturated heterocycles. The average Bonchev–Trinajstić information content (AvgIpc) is 2.28. The van der Waals surface area contributed by atoms with E-state index >= 15 is 0 Å². The molecule has 0 aliphatic heterocycles. The first kappa shape index (κ1) is 12.1. The highest BCUT2D eigenvalue weighted by Gasteiger charge is 2.23. The van der Waals surface area contributed by atoms with E-state index in [1.165, 1.54) is 10.9 Å². The number of methoxy groups -OCH3 is 1. The number of para-hydroxylation sites is 1. The molecule has 0 spiro atoms. The third-order valence-corrected chi connectivity index (χ3v) is 3.09. The van der Waals surface area contributed by atoms with Crippen LogP contribution in [0, 0.1) is 6.92 Å². The molecule has 2 nitrogen and oxygen atoms in total. The van der Waals surface area contributed by atoms with E-state index in [2.05, 4.69) is 49.2 Å². The van der Waals surface area contributed by atoms with Crippen molar-refractivity contribution in [1.29, 1.82) is 0 Å². The summed E-state index contributed by atoms with van der Waals surface area (Å²) in [6, 6.07) is 10.5. The zero-order valence-corrected chi connectivity index (χ0v) is 10.9. The van der Waals surface area contributed by atoms with Crippen molar-refractivity contribution in [3.8, 4) is 0 Å². The van der Waals surface area contributed by atoms with Gasteiger partial charge in [0.25, 0.3) is 0 Å². The van der Waals surface area contributed by atoms with Gasteiger partial charge >= 0.3 is 0 Å². The van der Waals surface area contributed by atoms with Crippen LogP contribution >= 0.6 is 0 Å². The van der Waals surface area contributed by atoms with Crippen molar-refractivity contribution in [2.75, 3.05) is 13.7 Å². The molecule has 0 fully saturated rings. The Morgan fingerprint density at radius 1 is 1.18 bits per heavy atom. The Morgan fingerprint density at radius 2 is 1.94 bits per heavy atom. The maximum absolute atomic E-state index is 5.31. The van der Waals surface area contributed by atoms with Crippen LogP contribution < -0.4 is 0 Å². The number of benzene rings is 1. The summed E-state index contributed by atoms with van der Waals surface area (Å²) in [5, 5.41) is 1.19. The van der Waals surface area contributed by atoms with Crippen LogP contribution in [-0.4, -0.2) is 18.7 Å². The third kappa shape index (κ3) is 2.32. The summed E-state index contributed by atoms with van der Waals surface area (Å²) < 4.78 is 5.31. The number of nitrogens with zero attached hydrogens (tertiary/aromatic N) is 1. The number of hydrogen-bond acceptors (Lipinski definition) is 2. The predicted molar refractivity (Wildman–Crippen MR) is 71.4 cm³/mol. The normalized spacial score (nSPS) is 12.0. The van der Waals surface area contributed by atoms with Crippen LogP contribution in [0.4, 0.5) is 0 Å². The minimum Gasteiger partial charge on any atom is -0.384 e. The number of ether oxygens (including phenoxy) is 1. The zero-order valence-electron chi connectivity index (χ0n) is 10.9. The van der Waals surface area contributed by atoms with E-state index in [-0.39, 0.29) is 5.41 Å². The van der Waals surface area contributed by atoms with Crippen molar-refractivity contribution in [2.45, 2.75) is 26.2 Å². The van der Waals surface area contributed by atoms with Crippen molar-refractivity contribution >= 4 is 10.9 Å². The van der Waals surface area contributed by atoms with Crippen LogP contribution in [0.15, 0.2) is 30.3 Å². The van der Waals surface area contributed by atoms with E-state index in [0.717, 1.165) is 11.2 Å². The van der Waals surface area contributed by atoms with Gasteiger partial charge in [0.2, 0.25) is 0 Å². The Morgan fingerprint density at radius 3 is 2.65 bits per heavy atom. The van der Waals surface area contributed by atoms with Crippen molar-refractivity contribution in [1.82, 2.24) is 4.98 Å². The lowest BCUT2D eigenvalue weighted by Crippen LogP contribution is -2.24. The standard InChI is InChI=1S/C15H19NO/c1-11-8-9-12-6-5-7-13(14(12)16-11)15(2,3)10-17-4/h5-9H,10H2,1-4H3. The lowest BCUT2D eigenvalue weighted by molar-refractivity contribution is 0.147. The van der Waals surface area contributed by atoms with Crippen LogP contribution in [0.25, 0.3) is 10.9 Å². The third-order valence-electron chi connectivity index (χ3n) is 3.09. The Kier molecular flexibility index (Phi) is 3.16. The summed E-state index contributed by atoms with van der Waals surface area (Å²) in [7, 11) is 1.74. The highest BCUT2D eigenvalue weighted by Crippen LogP contribution is 2.29. The van der Waals surface area contributed by atoms with E-state index in [9.17, 15) is 0 Å². The molecule has 0 atom stereocenters. The zero-order chi connectivity index (χ0) is 12.5. The molecule has 2 heteroatoms. The fraction of sp³-hybridized carbons (Fsp3) is 0.400. The number of aryl methyl sites for hydroxylation is 1. The summed E-state index contributed by atoms with van der Waals surface area (Å²) in [5.74, 6) is 0. The molecule has 0 aliphatic carbocycles. The van der Waals surface area contributed by atoms with Gasteiger partial charge in [0, 0.05) is 23.6 Å². The van der Waals surface area contributed by atoms with Gasteiger partial charge in [-0.3, -0.25) is 4.98 Å². The Balaban J connectivity index is 2.64. The van der Waals surface area contributed by atoms with E-state index < -0.39 is 0 Å². The van der Waals surface area contributed by atoms with Gasteiger partial charge < -0.3 is 4.74 Å². The van der Waals surface area contributed by atoms with Crippen LogP contribution in [0.5, 0.6) is 0 Å². The van der Waals surface area contributed by atoms with Crippen LogP contribution in [0.2, 0.25) is 0 Å². The Bertz CT molecular complexity index is 531. The molecule has 1 aromatic carbocycles. The van der Waals surface area contributed by atoms with Gasteiger partial charge in [-0.25, -0.2) is 0 Å². The first-order valence-corrected chi connectivity index (χ1v) is 5.90. The highest BCUT2D eigenvalue weighted by atomic mass is 16.5. The first-order chi connectivity index (χ1) is 8.04. The van der Waals surface area contributed by atoms with E-state index in [1.54, 1.807) is 7.11 Å². The largest absolute Gasteiger partial charge is 0.384 e. The molecular formula is C15H19NO. The number of aromatic nitrogens is 1. The van der Waals surface area contributed by atoms with E-state index in [4.69, 9.17) is 4.74 Å². The topological polar surface area (TPSA) is 22.1 Å². The summed E-state index contributed by atoms with van der Waals surface area (Å²) in [6.07, 6.45) is 0. The molecule has 2 rings (SSSR count). The highest BCUT2D eigenvalue weighted by molar-refractivity contribution is 5.82. The van der Waals surface area contributed by atoms with Gasteiger partial charge in [0.05, 0.1) is 12.1 Å². The van der Waals surface area contributed by atoms with E-state index in [1.807, 2.05) is 6.92 Å². The summed E-state index contributed by atoms with van der Waals surface area (Å²) in [5.41, 5.74) is 3.38. The average molecular weight is 229 g/mol. The summed E-state index contributed by atoms with van der Waals surface area (Å²) in [4.78, 5) is 4.67. The summed E-state index contributed by atoms with van der Waals surface area (Å²) in [6.45, 7) is 7.10. The van der Waals surface area contributed by atoms with Gasteiger partial charge in [-0.1, -0.05) is 38.1 Å². The maximum atomic E-state index is 5.31. The second-order valence-electron chi connectivity index (χ2n) is 5.15. The number of fused-ring (bicyclic) bond motifs is 1. The second-order valence-corrected chi connectivity index (χ2v) is 5.15. The molecule has 0 saturated carbocycles. The maximum Gasteiger partial charge on any atom is 0.0743 e. The Hall–Kier alpha value is -1.41. The molecular weight excluding hydrogens is 210 g/mol. The molecule has 90 valence electrons. The minimum atomic E-state index is -0.0188. The van der Waals surface area contributed by atoms with Gasteiger partial charge in [-0.05, 0) is 18.6 Å². The lowest BCUT2D eigenvalue weighted by Gasteiger charge is -2.25. The molecule has 0 bridgehead atoms. The van der Waals surface area contributed by atoms with Crippen molar-refractivity contribution < 1.29 is 4.74 Å². The number of hydrogen-bond donors (Lipinski definition) is 0. The van der Waals surface area contributed by atoms with Gasteiger partial charge in [0.15, 0.2) is 0 Å². The molecule has 17 heavy (non-hydrogen) atoms. The quantitative estimate of drug-likeness (QED) is 0.804. The fourth-order valence-electron chi connectivity index (χ4n) is 2.23. The van der Waals surface area contributed by atoms with Crippen LogP contribution in [0.1, 0.15) is 25.1 Å². The van der Waals surface area contributed by atoms with Crippen LogP contribution in [-0.2, 0) is 10.2 Å². The van der Waals surface area contributed by atoms with Crippen molar-refractivity contribution in [3.63, 3.8) is 0 Å². The fourth-order valence-corrected chi connectivity index (χ4v) is 2.23. The van der Waals surface area contributed by atoms with E-state index in [0.29, 0.717) is 6.61 Å². The Labute approximate surface area is 103 Å². The SMILES string of the molecule is COCC(C)(C)c1cccc2ccc(C)nc12. The van der Waals surface area contributed by atoms with Crippen molar-refractivity contribution in [2.24, 2.45) is 0 Å². The monoisotopic (exact) mass is 229 g/mol. The molecule has 0 radical (unpaired) electrons. The molecule has 2 aromatic rings. The van der Waals surface area contributed by atoms with Gasteiger partial charge in [-0.15, -0.1) is 0 Å². The minimum absolute atomic E-state index is 0.0188. The second kappa shape index (κ2) is 4.46. The van der Waals surface area contributed by atoms with Crippen LogP contribution in [0.3, 0.4) is 0 Å². The molecule has 0 unspecified atom stereocenters. The number of pyridine rings is 1. The smallest absolute Gasteiger partial charge is 0.0743 e. The molecule has 0 amide bonds. The summed E-state index contributed by atoms with van der Waals surface area (Å²) >= 11 is 0. The lowest BCUT2D eigenvalue weighted by atomic mass is 9.84. The first-order valence-electron chi connectivity index (χ1n) is 5.90. The van der Waals surface area contributed by atoms with Gasteiger partial charge in [-0.2, -0.15) is 0 Å². The number of rotatable bonds is 3. The molecule has 0 N–H and O–H groups in total. The molecule has 1 heterocycles. The predicted octanol–water partition coefficient (Wildman–Crippen LogP) is 3.47. The van der Waals surface area contributed by atoms with Gasteiger partial charge in [0.1, 0.15) is 0 Å².